The lowest BCUT2D eigenvalue weighted by atomic mass is 10.1. The van der Waals surface area contributed by atoms with Crippen molar-refractivity contribution in [3.8, 4) is 0 Å². The van der Waals surface area contributed by atoms with Crippen LogP contribution in [0.2, 0.25) is 5.02 Å². The molecule has 1 aliphatic rings. The molecule has 1 aromatic carbocycles. The molecule has 0 bridgehead atoms. The van der Waals surface area contributed by atoms with E-state index in [1.54, 1.807) is 18.2 Å². The summed E-state index contributed by atoms with van der Waals surface area (Å²) in [7, 11) is 0. The fourth-order valence-electron chi connectivity index (χ4n) is 2.60. The smallest absolute Gasteiger partial charge is 0.257 e. The van der Waals surface area contributed by atoms with Crippen LogP contribution in [0.5, 0.6) is 0 Å². The van der Waals surface area contributed by atoms with Gasteiger partial charge in [0.2, 0.25) is 0 Å². The van der Waals surface area contributed by atoms with Crippen molar-refractivity contribution in [1.29, 1.82) is 0 Å². The minimum atomic E-state index is -0.453. The van der Waals surface area contributed by atoms with Gasteiger partial charge in [0.05, 0.1) is 16.3 Å². The minimum absolute atomic E-state index is 0.184. The number of pyridine rings is 1. The highest BCUT2D eigenvalue weighted by Gasteiger charge is 2.24. The summed E-state index contributed by atoms with van der Waals surface area (Å²) in [6.45, 7) is 5.65. The summed E-state index contributed by atoms with van der Waals surface area (Å²) in [5.74, 6) is -0.597. The molecule has 1 saturated carbocycles. The highest BCUT2D eigenvalue weighted by molar-refractivity contribution is 6.34. The van der Waals surface area contributed by atoms with Crippen LogP contribution in [0.4, 0.5) is 5.69 Å². The van der Waals surface area contributed by atoms with Crippen LogP contribution >= 0.6 is 11.6 Å². The highest BCUT2D eigenvalue weighted by Crippen LogP contribution is 2.25. The molecular weight excluding hydrogens is 366 g/mol. The summed E-state index contributed by atoms with van der Waals surface area (Å²) in [5.41, 5.74) is 0.468. The van der Waals surface area contributed by atoms with Crippen molar-refractivity contribution in [1.82, 2.24) is 9.88 Å². The Balaban J connectivity index is 1.83. The molecule has 1 aliphatic carbocycles. The van der Waals surface area contributed by atoms with E-state index in [1.807, 2.05) is 20.8 Å². The Morgan fingerprint density at radius 3 is 2.37 bits per heavy atom. The van der Waals surface area contributed by atoms with Gasteiger partial charge in [0, 0.05) is 29.4 Å². The summed E-state index contributed by atoms with van der Waals surface area (Å²) in [6.07, 6.45) is 3.51. The van der Waals surface area contributed by atoms with Gasteiger partial charge in [-0.25, -0.2) is 0 Å². The van der Waals surface area contributed by atoms with E-state index in [0.717, 1.165) is 12.8 Å². The molecule has 27 heavy (non-hydrogen) atoms. The van der Waals surface area contributed by atoms with Crippen LogP contribution in [0, 0.1) is 0 Å². The Kier molecular flexibility index (Phi) is 5.11. The Labute approximate surface area is 162 Å². The predicted molar refractivity (Wildman–Crippen MR) is 106 cm³/mol. The first kappa shape index (κ1) is 19.2. The molecule has 2 aromatic rings. The average molecular weight is 388 g/mol. The van der Waals surface area contributed by atoms with Gasteiger partial charge in [0.15, 0.2) is 0 Å². The predicted octanol–water partition coefficient (Wildman–Crippen LogP) is 3.40. The largest absolute Gasteiger partial charge is 0.349 e. The molecule has 2 amide bonds. The summed E-state index contributed by atoms with van der Waals surface area (Å²) in [6, 6.07) is 7.82. The number of hydrogen-bond donors (Lipinski definition) is 2. The second-order valence-electron chi connectivity index (χ2n) is 7.69. The van der Waals surface area contributed by atoms with Crippen molar-refractivity contribution >= 4 is 29.1 Å². The SMILES string of the molecule is CC(C)(C)n1cc(C(=O)Nc2cc(C(=O)NC3CC3)ccc2Cl)ccc1=O. The molecule has 1 fully saturated rings. The normalized spacial score (nSPS) is 13.9. The number of hydrogen-bond acceptors (Lipinski definition) is 3. The first-order chi connectivity index (χ1) is 12.6. The van der Waals surface area contributed by atoms with Crippen molar-refractivity contribution in [2.24, 2.45) is 0 Å². The van der Waals surface area contributed by atoms with E-state index in [1.165, 1.54) is 22.9 Å². The molecule has 6 nitrogen and oxygen atoms in total. The van der Waals surface area contributed by atoms with Gasteiger partial charge in [-0.05, 0) is 57.9 Å². The topological polar surface area (TPSA) is 80.2 Å². The molecule has 0 atom stereocenters. The Morgan fingerprint density at radius 1 is 1.07 bits per heavy atom. The van der Waals surface area contributed by atoms with Crippen LogP contribution in [-0.4, -0.2) is 22.4 Å². The molecular formula is C20H22ClN3O3. The van der Waals surface area contributed by atoms with Crippen LogP contribution < -0.4 is 16.2 Å². The first-order valence-corrected chi connectivity index (χ1v) is 9.18. The van der Waals surface area contributed by atoms with Crippen molar-refractivity contribution < 1.29 is 9.59 Å². The number of carbonyl (C=O) groups is 2. The van der Waals surface area contributed by atoms with Crippen LogP contribution in [0.1, 0.15) is 54.3 Å². The zero-order valence-corrected chi connectivity index (χ0v) is 16.3. The van der Waals surface area contributed by atoms with Crippen LogP contribution in [0.25, 0.3) is 0 Å². The lowest BCUT2D eigenvalue weighted by molar-refractivity contribution is 0.0949. The number of nitrogens with one attached hydrogen (secondary N) is 2. The van der Waals surface area contributed by atoms with Crippen molar-refractivity contribution in [3.05, 3.63) is 63.0 Å². The molecule has 1 heterocycles. The highest BCUT2D eigenvalue weighted by atomic mass is 35.5. The average Bonchev–Trinajstić information content (AvgIpc) is 3.40. The van der Waals surface area contributed by atoms with Crippen LogP contribution in [0.3, 0.4) is 0 Å². The first-order valence-electron chi connectivity index (χ1n) is 8.80. The van der Waals surface area contributed by atoms with Crippen molar-refractivity contribution in [3.63, 3.8) is 0 Å². The van der Waals surface area contributed by atoms with E-state index in [2.05, 4.69) is 10.6 Å². The molecule has 7 heteroatoms. The zero-order valence-electron chi connectivity index (χ0n) is 15.5. The van der Waals surface area contributed by atoms with Gasteiger partial charge >= 0.3 is 0 Å². The lowest BCUT2D eigenvalue weighted by Gasteiger charge is -2.22. The monoisotopic (exact) mass is 387 g/mol. The number of halogens is 1. The van der Waals surface area contributed by atoms with E-state index in [4.69, 9.17) is 11.6 Å². The molecule has 0 aliphatic heterocycles. The van der Waals surface area contributed by atoms with E-state index in [0.29, 0.717) is 21.8 Å². The van der Waals surface area contributed by atoms with Crippen molar-refractivity contribution in [2.45, 2.75) is 45.2 Å². The van der Waals surface area contributed by atoms with Crippen LogP contribution in [0.15, 0.2) is 41.3 Å². The summed E-state index contributed by atoms with van der Waals surface area (Å²) < 4.78 is 1.50. The van der Waals surface area contributed by atoms with Gasteiger partial charge < -0.3 is 15.2 Å². The third-order valence-corrected chi connectivity index (χ3v) is 4.61. The zero-order chi connectivity index (χ0) is 19.8. The molecule has 3 rings (SSSR count). The number of aromatic nitrogens is 1. The van der Waals surface area contributed by atoms with E-state index in [-0.39, 0.29) is 17.5 Å². The molecule has 0 unspecified atom stereocenters. The maximum atomic E-state index is 12.6. The van der Waals surface area contributed by atoms with Gasteiger partial charge in [-0.1, -0.05) is 11.6 Å². The van der Waals surface area contributed by atoms with E-state index < -0.39 is 11.4 Å². The molecule has 2 N–H and O–H groups in total. The van der Waals surface area contributed by atoms with Gasteiger partial charge in [0.1, 0.15) is 0 Å². The second-order valence-corrected chi connectivity index (χ2v) is 8.10. The van der Waals surface area contributed by atoms with Gasteiger partial charge in [-0.3, -0.25) is 14.4 Å². The number of anilines is 1. The Hall–Kier alpha value is -2.60. The molecule has 0 saturated heterocycles. The number of benzene rings is 1. The molecule has 0 spiro atoms. The number of amides is 2. The van der Waals surface area contributed by atoms with E-state index >= 15 is 0 Å². The molecule has 1 aromatic heterocycles. The quantitative estimate of drug-likeness (QED) is 0.843. The maximum Gasteiger partial charge on any atom is 0.257 e. The fraction of sp³-hybridized carbons (Fsp3) is 0.350. The fourth-order valence-corrected chi connectivity index (χ4v) is 2.76. The summed E-state index contributed by atoms with van der Waals surface area (Å²) in [5, 5.41) is 5.95. The van der Waals surface area contributed by atoms with Gasteiger partial charge in [0.25, 0.3) is 17.4 Å². The number of carbonyl (C=O) groups excluding carboxylic acids is 2. The number of nitrogens with zero attached hydrogens (tertiary/aromatic N) is 1. The van der Waals surface area contributed by atoms with Crippen LogP contribution in [-0.2, 0) is 5.54 Å². The summed E-state index contributed by atoms with van der Waals surface area (Å²) >= 11 is 6.18. The van der Waals surface area contributed by atoms with Gasteiger partial charge in [-0.2, -0.15) is 0 Å². The third kappa shape index (κ3) is 4.57. The number of rotatable bonds is 4. The Bertz CT molecular complexity index is 956. The summed E-state index contributed by atoms with van der Waals surface area (Å²) in [4.78, 5) is 36.9. The Morgan fingerprint density at radius 2 is 1.74 bits per heavy atom. The molecule has 0 radical (unpaired) electrons. The standard InChI is InChI=1S/C20H22ClN3O3/c1-20(2,3)24-11-13(5-9-17(24)25)19(27)23-16-10-12(4-8-15(16)21)18(26)22-14-6-7-14/h4-5,8-11,14H,6-7H2,1-3H3,(H,22,26)(H,23,27). The van der Waals surface area contributed by atoms with Gasteiger partial charge in [-0.15, -0.1) is 0 Å². The second kappa shape index (κ2) is 7.19. The maximum absolute atomic E-state index is 12.6. The molecule has 142 valence electrons. The third-order valence-electron chi connectivity index (χ3n) is 4.29. The van der Waals surface area contributed by atoms with Crippen molar-refractivity contribution in [2.75, 3.05) is 5.32 Å². The van der Waals surface area contributed by atoms with E-state index in [9.17, 15) is 14.4 Å². The lowest BCUT2D eigenvalue weighted by Crippen LogP contribution is -2.33. The minimum Gasteiger partial charge on any atom is -0.349 e.